The number of para-hydroxylation sites is 1. The van der Waals surface area contributed by atoms with E-state index in [4.69, 9.17) is 9.82 Å². The van der Waals surface area contributed by atoms with Crippen LogP contribution in [-0.2, 0) is 17.7 Å². The molecular weight excluding hydrogens is 406 g/mol. The Hall–Kier alpha value is -2.27. The lowest BCUT2D eigenvalue weighted by atomic mass is 9.90. The first kappa shape index (κ1) is 21.3. The summed E-state index contributed by atoms with van der Waals surface area (Å²) in [5.74, 6) is 0.582. The van der Waals surface area contributed by atoms with Gasteiger partial charge in [-0.3, -0.25) is 4.98 Å². The number of quaternary nitrogens is 1. The molecule has 0 unspecified atom stereocenters. The molecule has 0 atom stereocenters. The minimum atomic E-state index is 0.582. The highest BCUT2D eigenvalue weighted by Crippen LogP contribution is 2.41. The number of pyridine rings is 1. The predicted octanol–water partition coefficient (Wildman–Crippen LogP) is 5.64. The van der Waals surface area contributed by atoms with Gasteiger partial charge in [0.2, 0.25) is 0 Å². The predicted molar refractivity (Wildman–Crippen MR) is 135 cm³/mol. The molecule has 4 heterocycles. The minimum Gasteiger partial charge on any atom is -0.303 e. The van der Waals surface area contributed by atoms with E-state index in [2.05, 4.69) is 53.4 Å². The summed E-state index contributed by atoms with van der Waals surface area (Å²) < 4.78 is 0.792. The summed E-state index contributed by atoms with van der Waals surface area (Å²) in [4.78, 5) is 14.1. The maximum atomic E-state index is 6.71. The third-order valence-electron chi connectivity index (χ3n) is 8.18. The second kappa shape index (κ2) is 9.17. The summed E-state index contributed by atoms with van der Waals surface area (Å²) >= 11 is 0. The minimum absolute atomic E-state index is 0.582. The zero-order valence-electron chi connectivity index (χ0n) is 19.7. The summed E-state index contributed by atoms with van der Waals surface area (Å²) in [6.07, 6.45) is 10.4. The molecule has 1 aromatic heterocycles. The van der Waals surface area contributed by atoms with Gasteiger partial charge in [-0.25, -0.2) is 0 Å². The molecule has 6 rings (SSSR count). The van der Waals surface area contributed by atoms with Gasteiger partial charge in [0.05, 0.1) is 5.69 Å². The number of piperidine rings is 1. The van der Waals surface area contributed by atoms with Crippen molar-refractivity contribution in [2.45, 2.75) is 50.9 Å². The molecule has 0 radical (unpaired) electrons. The van der Waals surface area contributed by atoms with E-state index in [-0.39, 0.29) is 0 Å². The van der Waals surface area contributed by atoms with Crippen molar-refractivity contribution in [1.29, 1.82) is 0 Å². The van der Waals surface area contributed by atoms with Crippen LogP contribution < -0.4 is 4.65 Å². The molecule has 0 aliphatic carbocycles. The molecule has 3 aliphatic rings. The summed E-state index contributed by atoms with van der Waals surface area (Å²) in [6.45, 7) is 6.63. The molecule has 0 amide bonds. The van der Waals surface area contributed by atoms with Crippen molar-refractivity contribution in [1.82, 2.24) is 14.5 Å². The number of likely N-dealkylation sites (tertiary alicyclic amines) is 1. The molecule has 1 fully saturated rings. The van der Waals surface area contributed by atoms with Gasteiger partial charge in [-0.1, -0.05) is 42.5 Å². The standard InChI is InChI=1S/C29H36N3O/c1-2-12-27-23(7-1)13-16-30-28(27)24-14-18-31(19-15-24)17-6-22-33-32-20-4-10-25-8-3-9-26(29(25)32)11-5-21-32/h1-3,7-9,12-13,16,24H,4-6,10-11,14-15,17-22H2/q+1. The van der Waals surface area contributed by atoms with Crippen molar-refractivity contribution in [2.75, 3.05) is 39.3 Å². The Balaban J connectivity index is 1.03. The molecule has 3 aromatic rings. The Labute approximate surface area is 197 Å². The summed E-state index contributed by atoms with van der Waals surface area (Å²) in [6, 6.07) is 17.7. The smallest absolute Gasteiger partial charge is 0.171 e. The van der Waals surface area contributed by atoms with Gasteiger partial charge in [-0.05, 0) is 56.6 Å². The third-order valence-corrected chi connectivity index (χ3v) is 8.18. The summed E-state index contributed by atoms with van der Waals surface area (Å²) in [5, 5.41) is 2.65. The van der Waals surface area contributed by atoms with Crippen LogP contribution in [0.3, 0.4) is 0 Å². The van der Waals surface area contributed by atoms with Crippen molar-refractivity contribution in [3.05, 3.63) is 71.5 Å². The molecule has 2 aromatic carbocycles. The molecular formula is C29H36N3O+. The number of hydroxylamine groups is 2. The second-order valence-electron chi connectivity index (χ2n) is 10.2. The SMILES string of the molecule is c1cc2c3c(c1)CCC[N+]3(OCCCN1CCC(c3nccc4ccccc34)CC1)CCC2. The van der Waals surface area contributed by atoms with Crippen LogP contribution in [0.4, 0.5) is 5.69 Å². The van der Waals surface area contributed by atoms with Crippen LogP contribution in [0.1, 0.15) is 54.8 Å². The molecule has 4 nitrogen and oxygen atoms in total. The van der Waals surface area contributed by atoms with Crippen LogP contribution in [0.15, 0.2) is 54.7 Å². The number of aromatic nitrogens is 1. The first-order chi connectivity index (χ1) is 16.3. The van der Waals surface area contributed by atoms with Gasteiger partial charge in [0.25, 0.3) is 0 Å². The highest BCUT2D eigenvalue weighted by atomic mass is 16.7. The average Bonchev–Trinajstić information content (AvgIpc) is 2.87. The van der Waals surface area contributed by atoms with Gasteiger partial charge >= 0.3 is 0 Å². The monoisotopic (exact) mass is 442 g/mol. The maximum absolute atomic E-state index is 6.71. The van der Waals surface area contributed by atoms with Crippen molar-refractivity contribution >= 4 is 16.5 Å². The van der Waals surface area contributed by atoms with E-state index in [0.717, 1.165) is 37.3 Å². The number of hydrogen-bond donors (Lipinski definition) is 0. The fraction of sp³-hybridized carbons (Fsp3) is 0.483. The zero-order valence-corrected chi connectivity index (χ0v) is 19.7. The van der Waals surface area contributed by atoms with Crippen LogP contribution >= 0.6 is 0 Å². The Morgan fingerprint density at radius 3 is 2.45 bits per heavy atom. The highest BCUT2D eigenvalue weighted by molar-refractivity contribution is 5.84. The lowest BCUT2D eigenvalue weighted by molar-refractivity contribution is -0.157. The molecule has 172 valence electrons. The first-order valence-corrected chi connectivity index (χ1v) is 13.0. The number of benzene rings is 2. The largest absolute Gasteiger partial charge is 0.303 e. The quantitative estimate of drug-likeness (QED) is 0.365. The van der Waals surface area contributed by atoms with Gasteiger partial charge in [0.15, 0.2) is 5.69 Å². The van der Waals surface area contributed by atoms with Crippen LogP contribution in [0.5, 0.6) is 0 Å². The van der Waals surface area contributed by atoms with Gasteiger partial charge < -0.3 is 4.90 Å². The van der Waals surface area contributed by atoms with E-state index < -0.39 is 0 Å². The Kier molecular flexibility index (Phi) is 5.91. The van der Waals surface area contributed by atoms with Crippen molar-refractivity contribution in [3.8, 4) is 0 Å². The van der Waals surface area contributed by atoms with E-state index in [1.807, 2.05) is 6.20 Å². The molecule has 4 heteroatoms. The summed E-state index contributed by atoms with van der Waals surface area (Å²) in [5.41, 5.74) is 5.88. The topological polar surface area (TPSA) is 25.4 Å². The zero-order chi connectivity index (χ0) is 22.1. The third kappa shape index (κ3) is 4.09. The van der Waals surface area contributed by atoms with E-state index in [0.29, 0.717) is 5.92 Å². The molecule has 0 bridgehead atoms. The number of rotatable bonds is 6. The highest BCUT2D eigenvalue weighted by Gasteiger charge is 2.42. The fourth-order valence-corrected chi connectivity index (χ4v) is 6.58. The average molecular weight is 443 g/mol. The van der Waals surface area contributed by atoms with Crippen molar-refractivity contribution in [3.63, 3.8) is 0 Å². The molecule has 33 heavy (non-hydrogen) atoms. The lowest BCUT2D eigenvalue weighted by Crippen LogP contribution is -2.55. The maximum Gasteiger partial charge on any atom is 0.171 e. The van der Waals surface area contributed by atoms with Crippen LogP contribution in [-0.4, -0.2) is 49.2 Å². The second-order valence-corrected chi connectivity index (χ2v) is 10.2. The van der Waals surface area contributed by atoms with E-state index in [1.54, 1.807) is 0 Å². The molecule has 0 spiro atoms. The number of fused-ring (bicyclic) bond motifs is 1. The molecule has 0 saturated carbocycles. The molecule has 3 aliphatic heterocycles. The number of nitrogens with zero attached hydrogens (tertiary/aromatic N) is 3. The van der Waals surface area contributed by atoms with Crippen molar-refractivity contribution in [2.24, 2.45) is 0 Å². The van der Waals surface area contributed by atoms with Gasteiger partial charge in [0.1, 0.15) is 19.7 Å². The van der Waals surface area contributed by atoms with Crippen molar-refractivity contribution < 1.29 is 4.84 Å². The Bertz CT molecular complexity index is 1090. The lowest BCUT2D eigenvalue weighted by Gasteiger charge is -2.42. The van der Waals surface area contributed by atoms with Crippen LogP contribution in [0, 0.1) is 0 Å². The van der Waals surface area contributed by atoms with E-state index in [1.165, 1.54) is 84.9 Å². The van der Waals surface area contributed by atoms with Gasteiger partial charge in [-0.2, -0.15) is 4.84 Å². The Morgan fingerprint density at radius 1 is 0.909 bits per heavy atom. The van der Waals surface area contributed by atoms with Crippen LogP contribution in [0.2, 0.25) is 0 Å². The van der Waals surface area contributed by atoms with E-state index >= 15 is 0 Å². The van der Waals surface area contributed by atoms with Gasteiger partial charge in [0, 0.05) is 48.0 Å². The van der Waals surface area contributed by atoms with Crippen LogP contribution in [0.25, 0.3) is 10.8 Å². The number of hydrogen-bond acceptors (Lipinski definition) is 3. The van der Waals surface area contributed by atoms with E-state index in [9.17, 15) is 0 Å². The molecule has 0 N–H and O–H groups in total. The fourth-order valence-electron chi connectivity index (χ4n) is 6.58. The first-order valence-electron chi connectivity index (χ1n) is 13.0. The Morgan fingerprint density at radius 2 is 1.67 bits per heavy atom. The molecule has 1 saturated heterocycles. The van der Waals surface area contributed by atoms with Gasteiger partial charge in [-0.15, -0.1) is 4.65 Å². The normalized spacial score (nSPS) is 20.6. The summed E-state index contributed by atoms with van der Waals surface area (Å²) in [7, 11) is 0. The number of aryl methyl sites for hydroxylation is 2.